The second-order valence-electron chi connectivity index (χ2n) is 5.22. The molecular weight excluding hydrogens is 370 g/mol. The number of carbonyl (C=O) groups is 1. The first-order valence-electron chi connectivity index (χ1n) is 7.49. The lowest BCUT2D eigenvalue weighted by atomic mass is 10.1. The van der Waals surface area contributed by atoms with Crippen molar-refractivity contribution in [3.63, 3.8) is 0 Å². The minimum atomic E-state index is -3.12. The van der Waals surface area contributed by atoms with E-state index in [4.69, 9.17) is 9.47 Å². The molecule has 0 radical (unpaired) electrons. The largest absolute Gasteiger partial charge is 0.493 e. The molecule has 2 aromatic rings. The summed E-state index contributed by atoms with van der Waals surface area (Å²) in [5, 5.41) is 0. The summed E-state index contributed by atoms with van der Waals surface area (Å²) in [6.45, 7) is -3.12. The van der Waals surface area contributed by atoms with Crippen LogP contribution in [0.2, 0.25) is 0 Å². The van der Waals surface area contributed by atoms with E-state index in [1.807, 2.05) is 0 Å². The highest BCUT2D eigenvalue weighted by molar-refractivity contribution is 6.13. The third-order valence-electron chi connectivity index (χ3n) is 3.52. The number of esters is 1. The number of para-hydroxylation sites is 1. The number of ether oxygens (including phenoxy) is 3. The first-order chi connectivity index (χ1) is 12.9. The van der Waals surface area contributed by atoms with Crippen molar-refractivity contribution >= 4 is 17.9 Å². The predicted molar refractivity (Wildman–Crippen MR) is 86.6 cm³/mol. The maximum absolute atomic E-state index is 13.3. The van der Waals surface area contributed by atoms with E-state index in [-0.39, 0.29) is 34.2 Å². The van der Waals surface area contributed by atoms with Crippen LogP contribution in [0.4, 0.5) is 17.6 Å². The van der Waals surface area contributed by atoms with Crippen LogP contribution in [-0.4, -0.2) is 25.6 Å². The number of alkyl halides is 2. The average molecular weight is 381 g/mol. The van der Waals surface area contributed by atoms with E-state index in [0.717, 1.165) is 18.2 Å². The highest BCUT2D eigenvalue weighted by Gasteiger charge is 2.26. The van der Waals surface area contributed by atoms with Crippen LogP contribution in [0.1, 0.15) is 11.1 Å². The molecule has 0 aromatic heterocycles. The molecule has 0 saturated heterocycles. The predicted octanol–water partition coefficient (Wildman–Crippen LogP) is 3.92. The van der Waals surface area contributed by atoms with E-state index in [9.17, 15) is 22.4 Å². The molecule has 1 aliphatic heterocycles. The molecule has 1 heterocycles. The number of halogens is 4. The average Bonchev–Trinajstić information content (AvgIpc) is 2.99. The Hall–Kier alpha value is -3.36. The van der Waals surface area contributed by atoms with Gasteiger partial charge in [-0.15, -0.1) is 0 Å². The fourth-order valence-electron chi connectivity index (χ4n) is 2.33. The first-order valence-corrected chi connectivity index (χ1v) is 7.49. The van der Waals surface area contributed by atoms with Crippen LogP contribution in [-0.2, 0) is 9.53 Å². The summed E-state index contributed by atoms with van der Waals surface area (Å²) in [6, 6.07) is 7.18. The summed E-state index contributed by atoms with van der Waals surface area (Å²) in [4.78, 5) is 15.9. The van der Waals surface area contributed by atoms with Gasteiger partial charge in [-0.2, -0.15) is 8.78 Å². The monoisotopic (exact) mass is 381 g/mol. The Balaban J connectivity index is 2.01. The highest BCUT2D eigenvalue weighted by atomic mass is 19.3. The Labute approximate surface area is 150 Å². The molecule has 0 amide bonds. The minimum absolute atomic E-state index is 0.0285. The van der Waals surface area contributed by atoms with Gasteiger partial charge in [-0.05, 0) is 30.3 Å². The normalized spacial score (nSPS) is 15.1. The number of rotatable bonds is 5. The lowest BCUT2D eigenvalue weighted by molar-refractivity contribution is -0.129. The molecule has 3 rings (SSSR count). The van der Waals surface area contributed by atoms with Crippen molar-refractivity contribution in [2.75, 3.05) is 7.11 Å². The Bertz CT molecular complexity index is 956. The van der Waals surface area contributed by atoms with E-state index in [2.05, 4.69) is 9.73 Å². The fourth-order valence-corrected chi connectivity index (χ4v) is 2.33. The maximum atomic E-state index is 13.3. The lowest BCUT2D eigenvalue weighted by Crippen LogP contribution is -2.06. The molecule has 0 saturated carbocycles. The summed E-state index contributed by atoms with van der Waals surface area (Å²) in [7, 11) is 1.27. The van der Waals surface area contributed by atoms with Gasteiger partial charge < -0.3 is 14.2 Å². The van der Waals surface area contributed by atoms with E-state index in [1.165, 1.54) is 31.4 Å². The van der Waals surface area contributed by atoms with E-state index >= 15 is 0 Å². The lowest BCUT2D eigenvalue weighted by Gasteiger charge is -2.12. The van der Waals surface area contributed by atoms with Gasteiger partial charge in [0.25, 0.3) is 0 Å². The summed E-state index contributed by atoms with van der Waals surface area (Å²) in [5.74, 6) is -3.59. The molecule has 0 aliphatic carbocycles. The van der Waals surface area contributed by atoms with E-state index < -0.39 is 24.2 Å². The number of methoxy groups -OCH3 is 1. The minimum Gasteiger partial charge on any atom is -0.493 e. The van der Waals surface area contributed by atoms with E-state index in [0.29, 0.717) is 0 Å². The Morgan fingerprint density at radius 3 is 2.59 bits per heavy atom. The number of benzene rings is 2. The molecule has 5 nitrogen and oxygen atoms in total. The molecule has 0 spiro atoms. The molecule has 2 aromatic carbocycles. The van der Waals surface area contributed by atoms with Gasteiger partial charge in [0.2, 0.25) is 5.90 Å². The highest BCUT2D eigenvalue weighted by Crippen LogP contribution is 2.34. The molecule has 0 bridgehead atoms. The van der Waals surface area contributed by atoms with Crippen LogP contribution in [0, 0.1) is 11.6 Å². The quantitative estimate of drug-likeness (QED) is 0.448. The second-order valence-corrected chi connectivity index (χ2v) is 5.22. The third-order valence-corrected chi connectivity index (χ3v) is 3.52. The zero-order valence-corrected chi connectivity index (χ0v) is 13.7. The van der Waals surface area contributed by atoms with Crippen molar-refractivity contribution in [2.45, 2.75) is 6.61 Å². The van der Waals surface area contributed by atoms with Gasteiger partial charge in [0.1, 0.15) is 0 Å². The van der Waals surface area contributed by atoms with Crippen molar-refractivity contribution in [1.82, 2.24) is 0 Å². The van der Waals surface area contributed by atoms with Crippen molar-refractivity contribution in [3.05, 3.63) is 64.9 Å². The van der Waals surface area contributed by atoms with Crippen molar-refractivity contribution in [3.8, 4) is 11.5 Å². The van der Waals surface area contributed by atoms with Gasteiger partial charge in [0.15, 0.2) is 28.8 Å². The van der Waals surface area contributed by atoms with Gasteiger partial charge in [-0.3, -0.25) is 0 Å². The molecule has 0 fully saturated rings. The van der Waals surface area contributed by atoms with Gasteiger partial charge >= 0.3 is 12.6 Å². The van der Waals surface area contributed by atoms with Crippen LogP contribution in [0.15, 0.2) is 47.1 Å². The van der Waals surface area contributed by atoms with Crippen LogP contribution in [0.25, 0.3) is 6.08 Å². The van der Waals surface area contributed by atoms with Crippen molar-refractivity contribution in [2.24, 2.45) is 4.99 Å². The molecule has 27 heavy (non-hydrogen) atoms. The zero-order chi connectivity index (χ0) is 19.6. The summed E-state index contributed by atoms with van der Waals surface area (Å²) >= 11 is 0. The third kappa shape index (κ3) is 3.91. The second kappa shape index (κ2) is 7.48. The zero-order valence-electron chi connectivity index (χ0n) is 13.7. The van der Waals surface area contributed by atoms with Crippen LogP contribution < -0.4 is 9.47 Å². The Morgan fingerprint density at radius 1 is 1.15 bits per heavy atom. The molecule has 140 valence electrons. The molecule has 1 aliphatic rings. The molecular formula is C18H11F4NO4. The van der Waals surface area contributed by atoms with Gasteiger partial charge in [0.05, 0.1) is 7.11 Å². The van der Waals surface area contributed by atoms with Crippen LogP contribution >= 0.6 is 0 Å². The Kier molecular flexibility index (Phi) is 5.11. The number of aliphatic imine (C=N–C) groups is 1. The molecule has 0 unspecified atom stereocenters. The Morgan fingerprint density at radius 2 is 1.93 bits per heavy atom. The molecule has 0 atom stereocenters. The smallest absolute Gasteiger partial charge is 0.387 e. The maximum Gasteiger partial charge on any atom is 0.387 e. The summed E-state index contributed by atoms with van der Waals surface area (Å²) < 4.78 is 66.1. The number of hydrogen-bond donors (Lipinski definition) is 0. The van der Waals surface area contributed by atoms with Crippen LogP contribution in [0.3, 0.4) is 0 Å². The van der Waals surface area contributed by atoms with E-state index in [1.54, 1.807) is 0 Å². The van der Waals surface area contributed by atoms with Crippen molar-refractivity contribution in [1.29, 1.82) is 0 Å². The van der Waals surface area contributed by atoms with Gasteiger partial charge in [-0.25, -0.2) is 18.6 Å². The fraction of sp³-hybridized carbons (Fsp3) is 0.111. The molecule has 0 N–H and O–H groups in total. The number of hydrogen-bond acceptors (Lipinski definition) is 5. The number of cyclic esters (lactones) is 1. The number of nitrogens with zero attached hydrogens (tertiary/aromatic N) is 1. The first kappa shape index (κ1) is 18.4. The van der Waals surface area contributed by atoms with Gasteiger partial charge in [0, 0.05) is 11.1 Å². The number of carbonyl (C=O) groups excluding carboxylic acids is 1. The molecule has 9 heteroatoms. The van der Waals surface area contributed by atoms with Crippen molar-refractivity contribution < 1.29 is 36.6 Å². The van der Waals surface area contributed by atoms with Crippen LogP contribution in [0.5, 0.6) is 11.5 Å². The summed E-state index contributed by atoms with van der Waals surface area (Å²) in [6.07, 6.45) is 1.16. The van der Waals surface area contributed by atoms with Gasteiger partial charge in [-0.1, -0.05) is 12.1 Å². The summed E-state index contributed by atoms with van der Waals surface area (Å²) in [5.41, 5.74) is -0.0978. The topological polar surface area (TPSA) is 57.1 Å². The SMILES string of the molecule is COc1cccc(C=C2N=C(c3ccc(F)c(F)c3)OC2=O)c1OC(F)F. The standard InChI is InChI=1S/C18H11F4NO4/c1-25-14-4-2-3-9(15(14)26-18(21)22)8-13-17(24)27-16(23-13)10-5-6-11(19)12(20)7-10/h2-8,18H,1H3.